The predicted octanol–water partition coefficient (Wildman–Crippen LogP) is 0.763. The lowest BCUT2D eigenvalue weighted by Gasteiger charge is -2.16. The molecule has 5 nitrogen and oxygen atoms in total. The lowest BCUT2D eigenvalue weighted by atomic mass is 10.1. The van der Waals surface area contributed by atoms with E-state index in [0.29, 0.717) is 11.5 Å². The van der Waals surface area contributed by atoms with E-state index >= 15 is 0 Å². The van der Waals surface area contributed by atoms with Crippen molar-refractivity contribution in [3.63, 3.8) is 0 Å². The van der Waals surface area contributed by atoms with Crippen LogP contribution in [0.4, 0.5) is 5.69 Å². The van der Waals surface area contributed by atoms with Gasteiger partial charge in [-0.2, -0.15) is 0 Å². The normalized spacial score (nSPS) is 12.3. The lowest BCUT2D eigenvalue weighted by Crippen LogP contribution is -2.21. The maximum atomic E-state index is 5.90. The number of nitrogens with zero attached hydrogens (tertiary/aromatic N) is 3. The van der Waals surface area contributed by atoms with E-state index in [4.69, 9.17) is 5.73 Å². The molecule has 2 rings (SSSR count). The van der Waals surface area contributed by atoms with Gasteiger partial charge >= 0.3 is 0 Å². The summed E-state index contributed by atoms with van der Waals surface area (Å²) in [6, 6.07) is 3.42. The smallest absolute Gasteiger partial charge is 0.149 e. The number of hydrogen-bond acceptors (Lipinski definition) is 5. The average molecular weight is 215 g/mol. The van der Waals surface area contributed by atoms with Crippen LogP contribution in [0.25, 0.3) is 0 Å². The molecule has 0 amide bonds. The molecule has 1 unspecified atom stereocenters. The molecule has 2 heterocycles. The zero-order valence-electron chi connectivity index (χ0n) is 8.96. The van der Waals surface area contributed by atoms with Gasteiger partial charge in [0.2, 0.25) is 0 Å². The van der Waals surface area contributed by atoms with Gasteiger partial charge in [-0.25, -0.2) is 9.97 Å². The Bertz CT molecular complexity index is 457. The Morgan fingerprint density at radius 3 is 2.62 bits per heavy atom. The molecule has 3 N–H and O–H groups in total. The van der Waals surface area contributed by atoms with E-state index < -0.39 is 0 Å². The van der Waals surface area contributed by atoms with Crippen LogP contribution in [0.5, 0.6) is 0 Å². The number of nitrogens with two attached hydrogens (primary N) is 1. The first kappa shape index (κ1) is 10.5. The summed E-state index contributed by atoms with van der Waals surface area (Å²) >= 11 is 0. The molecule has 2 aromatic heterocycles. The molecule has 0 aliphatic carbocycles. The van der Waals surface area contributed by atoms with Gasteiger partial charge in [-0.1, -0.05) is 0 Å². The predicted molar refractivity (Wildman–Crippen MR) is 61.6 cm³/mol. The number of nitrogens with one attached hydrogen (secondary N) is 1. The van der Waals surface area contributed by atoms with Crippen molar-refractivity contribution >= 4 is 5.69 Å². The molecule has 82 valence electrons. The minimum Gasteiger partial charge on any atom is -0.398 e. The first-order chi connectivity index (χ1) is 7.83. The van der Waals surface area contributed by atoms with Crippen molar-refractivity contribution < 1.29 is 0 Å². The van der Waals surface area contributed by atoms with Crippen LogP contribution >= 0.6 is 0 Å². The standard InChI is InChI=1S/C11H13N5/c1-13-10(11-15-4-2-5-16-11)8-7-14-6-3-9(8)12/h2-7,10,13H,1H3,(H2,12,14). The second-order valence-corrected chi connectivity index (χ2v) is 3.33. The molecular formula is C11H13N5. The highest BCUT2D eigenvalue weighted by atomic mass is 15.0. The second-order valence-electron chi connectivity index (χ2n) is 3.33. The van der Waals surface area contributed by atoms with Gasteiger partial charge in [0, 0.05) is 36.0 Å². The Morgan fingerprint density at radius 2 is 2.00 bits per heavy atom. The summed E-state index contributed by atoms with van der Waals surface area (Å²) in [5, 5.41) is 3.13. The number of anilines is 1. The summed E-state index contributed by atoms with van der Waals surface area (Å²) in [4.78, 5) is 12.5. The highest BCUT2D eigenvalue weighted by Gasteiger charge is 2.16. The Morgan fingerprint density at radius 1 is 1.25 bits per heavy atom. The minimum absolute atomic E-state index is 0.130. The van der Waals surface area contributed by atoms with Crippen LogP contribution in [0.2, 0.25) is 0 Å². The molecule has 0 spiro atoms. The average Bonchev–Trinajstić information content (AvgIpc) is 2.34. The van der Waals surface area contributed by atoms with Gasteiger partial charge < -0.3 is 11.1 Å². The van der Waals surface area contributed by atoms with Gasteiger partial charge in [0.1, 0.15) is 5.82 Å². The molecule has 0 fully saturated rings. The van der Waals surface area contributed by atoms with Crippen LogP contribution in [0.3, 0.4) is 0 Å². The van der Waals surface area contributed by atoms with E-state index in [0.717, 1.165) is 5.56 Å². The van der Waals surface area contributed by atoms with Crippen molar-refractivity contribution in [3.8, 4) is 0 Å². The SMILES string of the molecule is CNC(c1ncccn1)c1cnccc1N. The van der Waals surface area contributed by atoms with E-state index in [-0.39, 0.29) is 6.04 Å². The van der Waals surface area contributed by atoms with Gasteiger partial charge in [0.05, 0.1) is 6.04 Å². The molecule has 0 radical (unpaired) electrons. The van der Waals surface area contributed by atoms with Crippen LogP contribution in [-0.4, -0.2) is 22.0 Å². The van der Waals surface area contributed by atoms with Crippen molar-refractivity contribution in [2.45, 2.75) is 6.04 Å². The fraction of sp³-hybridized carbons (Fsp3) is 0.182. The maximum Gasteiger partial charge on any atom is 0.149 e. The third-order valence-electron chi connectivity index (χ3n) is 2.33. The molecular weight excluding hydrogens is 202 g/mol. The van der Waals surface area contributed by atoms with Crippen molar-refractivity contribution in [3.05, 3.63) is 48.3 Å². The van der Waals surface area contributed by atoms with Gasteiger partial charge in [-0.15, -0.1) is 0 Å². The van der Waals surface area contributed by atoms with Crippen LogP contribution in [-0.2, 0) is 0 Å². The van der Waals surface area contributed by atoms with Gasteiger partial charge in [0.15, 0.2) is 0 Å². The Balaban J connectivity index is 2.41. The van der Waals surface area contributed by atoms with Gasteiger partial charge in [0.25, 0.3) is 0 Å². The van der Waals surface area contributed by atoms with Crippen LogP contribution < -0.4 is 11.1 Å². The molecule has 0 saturated carbocycles. The monoisotopic (exact) mass is 215 g/mol. The van der Waals surface area contributed by atoms with E-state index in [1.165, 1.54) is 0 Å². The summed E-state index contributed by atoms with van der Waals surface area (Å²) in [6.07, 6.45) is 6.81. The quantitative estimate of drug-likeness (QED) is 0.790. The molecule has 2 aromatic rings. The highest BCUT2D eigenvalue weighted by molar-refractivity contribution is 5.47. The van der Waals surface area contributed by atoms with Crippen LogP contribution in [0, 0.1) is 0 Å². The second kappa shape index (κ2) is 4.67. The summed E-state index contributed by atoms with van der Waals surface area (Å²) in [7, 11) is 1.84. The summed E-state index contributed by atoms with van der Waals surface area (Å²) in [5.74, 6) is 0.685. The number of nitrogen functional groups attached to an aromatic ring is 1. The minimum atomic E-state index is -0.130. The first-order valence-corrected chi connectivity index (χ1v) is 4.96. The fourth-order valence-corrected chi connectivity index (χ4v) is 1.54. The Kier molecular flexibility index (Phi) is 3.07. The summed E-state index contributed by atoms with van der Waals surface area (Å²) in [6.45, 7) is 0. The van der Waals surface area contributed by atoms with E-state index in [9.17, 15) is 0 Å². The third kappa shape index (κ3) is 1.99. The molecule has 0 aromatic carbocycles. The van der Waals surface area contributed by atoms with E-state index in [1.54, 1.807) is 36.9 Å². The number of aromatic nitrogens is 3. The van der Waals surface area contributed by atoms with Crippen molar-refractivity contribution in [1.29, 1.82) is 0 Å². The number of rotatable bonds is 3. The van der Waals surface area contributed by atoms with Crippen LogP contribution in [0.15, 0.2) is 36.9 Å². The molecule has 0 aliphatic heterocycles. The van der Waals surface area contributed by atoms with Crippen LogP contribution in [0.1, 0.15) is 17.4 Å². The third-order valence-corrected chi connectivity index (χ3v) is 2.33. The topological polar surface area (TPSA) is 76.7 Å². The fourth-order valence-electron chi connectivity index (χ4n) is 1.54. The molecule has 1 atom stereocenters. The molecule has 0 aliphatic rings. The number of hydrogen-bond donors (Lipinski definition) is 2. The van der Waals surface area contributed by atoms with Crippen molar-refractivity contribution in [2.75, 3.05) is 12.8 Å². The lowest BCUT2D eigenvalue weighted by molar-refractivity contribution is 0.645. The Labute approximate surface area is 93.8 Å². The highest BCUT2D eigenvalue weighted by Crippen LogP contribution is 2.22. The maximum absolute atomic E-state index is 5.90. The first-order valence-electron chi connectivity index (χ1n) is 4.96. The van der Waals surface area contributed by atoms with Crippen molar-refractivity contribution in [1.82, 2.24) is 20.3 Å². The van der Waals surface area contributed by atoms with Gasteiger partial charge in [-0.05, 0) is 19.2 Å². The Hall–Kier alpha value is -2.01. The zero-order chi connectivity index (χ0) is 11.4. The zero-order valence-corrected chi connectivity index (χ0v) is 8.96. The summed E-state index contributed by atoms with van der Waals surface area (Å²) in [5.41, 5.74) is 7.47. The molecule has 0 saturated heterocycles. The van der Waals surface area contributed by atoms with E-state index in [1.807, 2.05) is 7.05 Å². The molecule has 0 bridgehead atoms. The van der Waals surface area contributed by atoms with Crippen molar-refractivity contribution in [2.24, 2.45) is 0 Å². The summed E-state index contributed by atoms with van der Waals surface area (Å²) < 4.78 is 0. The largest absolute Gasteiger partial charge is 0.398 e. The number of pyridine rings is 1. The molecule has 16 heavy (non-hydrogen) atoms. The van der Waals surface area contributed by atoms with Gasteiger partial charge in [-0.3, -0.25) is 4.98 Å². The molecule has 5 heteroatoms. The van der Waals surface area contributed by atoms with E-state index in [2.05, 4.69) is 20.3 Å².